The molecule has 0 amide bonds. The number of hydrogen-bond acceptors (Lipinski definition) is 2. The molecule has 0 aliphatic rings. The van der Waals surface area contributed by atoms with Gasteiger partial charge in [0.1, 0.15) is 0 Å². The van der Waals surface area contributed by atoms with Gasteiger partial charge in [-0.3, -0.25) is 0 Å². The molecule has 0 aromatic heterocycles. The van der Waals surface area contributed by atoms with Crippen LogP contribution in [0.5, 0.6) is 0 Å². The van der Waals surface area contributed by atoms with Crippen LogP contribution >= 0.6 is 0 Å². The molecule has 0 heterocycles. The van der Waals surface area contributed by atoms with E-state index >= 15 is 0 Å². The van der Waals surface area contributed by atoms with Crippen LogP contribution in [0.3, 0.4) is 0 Å². The fourth-order valence-electron chi connectivity index (χ4n) is 2.70. The first kappa shape index (κ1) is 17.2. The molecule has 1 rings (SSSR count). The minimum Gasteiger partial charge on any atom is -0.374 e. The van der Waals surface area contributed by atoms with E-state index < -0.39 is 0 Å². The average molecular weight is 277 g/mol. The average Bonchev–Trinajstić information content (AvgIpc) is 2.42. The van der Waals surface area contributed by atoms with Crippen molar-refractivity contribution in [3.63, 3.8) is 0 Å². The Morgan fingerprint density at radius 2 is 1.85 bits per heavy atom. The lowest BCUT2D eigenvalue weighted by molar-refractivity contribution is -0.0546. The SMILES string of the molecule is CCNC(Cc1ccc(C)c(C)c1)C(C)(CC)OCC. The summed E-state index contributed by atoms with van der Waals surface area (Å²) in [5.74, 6) is 0. The zero-order valence-corrected chi connectivity index (χ0v) is 14.0. The lowest BCUT2D eigenvalue weighted by Crippen LogP contribution is -2.51. The first-order valence-corrected chi connectivity index (χ1v) is 7.90. The van der Waals surface area contributed by atoms with Crippen molar-refractivity contribution < 1.29 is 4.74 Å². The van der Waals surface area contributed by atoms with E-state index in [0.29, 0.717) is 6.04 Å². The molecule has 2 heteroatoms. The summed E-state index contributed by atoms with van der Waals surface area (Å²) in [4.78, 5) is 0. The summed E-state index contributed by atoms with van der Waals surface area (Å²) in [7, 11) is 0. The summed E-state index contributed by atoms with van der Waals surface area (Å²) in [5, 5.41) is 3.62. The molecule has 0 radical (unpaired) electrons. The topological polar surface area (TPSA) is 21.3 Å². The number of hydrogen-bond donors (Lipinski definition) is 1. The van der Waals surface area contributed by atoms with Gasteiger partial charge in [-0.25, -0.2) is 0 Å². The standard InChI is InChI=1S/C18H31NO/c1-7-18(6,20-9-3)17(19-8-2)13-16-11-10-14(4)15(5)12-16/h10-12,17,19H,7-9,13H2,1-6H3. The van der Waals surface area contributed by atoms with Gasteiger partial charge in [0.2, 0.25) is 0 Å². The summed E-state index contributed by atoms with van der Waals surface area (Å²) >= 11 is 0. The van der Waals surface area contributed by atoms with Crippen LogP contribution in [0, 0.1) is 13.8 Å². The minimum atomic E-state index is -0.108. The third kappa shape index (κ3) is 4.32. The lowest BCUT2D eigenvalue weighted by atomic mass is 9.87. The second kappa shape index (κ2) is 7.80. The van der Waals surface area contributed by atoms with Crippen LogP contribution in [0.25, 0.3) is 0 Å². The zero-order chi connectivity index (χ0) is 15.2. The van der Waals surface area contributed by atoms with Crippen LogP contribution < -0.4 is 5.32 Å². The van der Waals surface area contributed by atoms with Gasteiger partial charge in [-0.2, -0.15) is 0 Å². The monoisotopic (exact) mass is 277 g/mol. The van der Waals surface area contributed by atoms with Gasteiger partial charge in [-0.15, -0.1) is 0 Å². The second-order valence-electron chi connectivity index (χ2n) is 5.83. The lowest BCUT2D eigenvalue weighted by Gasteiger charge is -2.37. The van der Waals surface area contributed by atoms with Gasteiger partial charge in [0.25, 0.3) is 0 Å². The highest BCUT2D eigenvalue weighted by molar-refractivity contribution is 5.30. The van der Waals surface area contributed by atoms with Gasteiger partial charge in [0.15, 0.2) is 0 Å². The molecular weight excluding hydrogens is 246 g/mol. The molecule has 0 aliphatic heterocycles. The van der Waals surface area contributed by atoms with Crippen LogP contribution in [-0.2, 0) is 11.2 Å². The fraction of sp³-hybridized carbons (Fsp3) is 0.667. The van der Waals surface area contributed by atoms with Crippen molar-refractivity contribution >= 4 is 0 Å². The van der Waals surface area contributed by atoms with Gasteiger partial charge in [-0.1, -0.05) is 32.0 Å². The van der Waals surface area contributed by atoms with E-state index in [0.717, 1.165) is 26.0 Å². The van der Waals surface area contributed by atoms with Crippen molar-refractivity contribution in [2.24, 2.45) is 0 Å². The maximum atomic E-state index is 6.06. The van der Waals surface area contributed by atoms with Gasteiger partial charge < -0.3 is 10.1 Å². The number of benzene rings is 1. The fourth-order valence-corrected chi connectivity index (χ4v) is 2.70. The Morgan fingerprint density at radius 3 is 2.35 bits per heavy atom. The highest BCUT2D eigenvalue weighted by Crippen LogP contribution is 2.24. The van der Waals surface area contributed by atoms with E-state index in [2.05, 4.69) is 65.1 Å². The molecule has 2 nitrogen and oxygen atoms in total. The quantitative estimate of drug-likeness (QED) is 0.774. The van der Waals surface area contributed by atoms with Crippen LogP contribution in [0.1, 0.15) is 50.8 Å². The Hall–Kier alpha value is -0.860. The molecule has 0 spiro atoms. The highest BCUT2D eigenvalue weighted by atomic mass is 16.5. The third-order valence-electron chi connectivity index (χ3n) is 4.37. The predicted octanol–water partition coefficient (Wildman–Crippen LogP) is 4.03. The molecule has 0 fully saturated rings. The van der Waals surface area contributed by atoms with E-state index in [9.17, 15) is 0 Å². The van der Waals surface area contributed by atoms with E-state index in [4.69, 9.17) is 4.74 Å². The number of ether oxygens (including phenoxy) is 1. The number of aryl methyl sites for hydroxylation is 2. The van der Waals surface area contributed by atoms with Crippen LogP contribution in [0.15, 0.2) is 18.2 Å². The number of nitrogens with one attached hydrogen (secondary N) is 1. The van der Waals surface area contributed by atoms with Crippen LogP contribution in [0.2, 0.25) is 0 Å². The molecule has 2 atom stereocenters. The number of rotatable bonds is 8. The second-order valence-corrected chi connectivity index (χ2v) is 5.83. The molecule has 1 N–H and O–H groups in total. The predicted molar refractivity (Wildman–Crippen MR) is 87.4 cm³/mol. The zero-order valence-electron chi connectivity index (χ0n) is 14.0. The maximum absolute atomic E-state index is 6.06. The first-order valence-electron chi connectivity index (χ1n) is 7.90. The Kier molecular flexibility index (Phi) is 6.70. The van der Waals surface area contributed by atoms with Gasteiger partial charge in [0, 0.05) is 12.6 Å². The molecule has 1 aromatic rings. The smallest absolute Gasteiger partial charge is 0.0807 e. The van der Waals surface area contributed by atoms with E-state index in [1.54, 1.807) is 0 Å². The third-order valence-corrected chi connectivity index (χ3v) is 4.37. The molecule has 0 bridgehead atoms. The first-order chi connectivity index (χ1) is 9.46. The van der Waals surface area contributed by atoms with Crippen LogP contribution in [0.4, 0.5) is 0 Å². The van der Waals surface area contributed by atoms with Crippen molar-refractivity contribution in [3.05, 3.63) is 34.9 Å². The largest absolute Gasteiger partial charge is 0.374 e. The Balaban J connectivity index is 2.92. The van der Waals surface area contributed by atoms with Crippen molar-refractivity contribution in [2.75, 3.05) is 13.2 Å². The van der Waals surface area contributed by atoms with Crippen molar-refractivity contribution in [1.82, 2.24) is 5.32 Å². The number of likely N-dealkylation sites (N-methyl/N-ethyl adjacent to an activating group) is 1. The molecule has 114 valence electrons. The molecule has 0 saturated heterocycles. The summed E-state index contributed by atoms with van der Waals surface area (Å²) in [6.45, 7) is 14.8. The summed E-state index contributed by atoms with van der Waals surface area (Å²) in [5.41, 5.74) is 4.01. The Labute approximate surface area is 124 Å². The van der Waals surface area contributed by atoms with Crippen molar-refractivity contribution in [2.45, 2.75) is 66.0 Å². The van der Waals surface area contributed by atoms with Gasteiger partial charge >= 0.3 is 0 Å². The van der Waals surface area contributed by atoms with Gasteiger partial charge in [-0.05, 0) is 63.8 Å². The van der Waals surface area contributed by atoms with E-state index in [-0.39, 0.29) is 5.60 Å². The molecule has 0 aliphatic carbocycles. The van der Waals surface area contributed by atoms with E-state index in [1.165, 1.54) is 16.7 Å². The normalized spacial score (nSPS) is 15.9. The summed E-state index contributed by atoms with van der Waals surface area (Å²) in [6, 6.07) is 7.12. The van der Waals surface area contributed by atoms with E-state index in [1.807, 2.05) is 0 Å². The van der Waals surface area contributed by atoms with Gasteiger partial charge in [0.05, 0.1) is 5.60 Å². The van der Waals surface area contributed by atoms with Crippen molar-refractivity contribution in [1.29, 1.82) is 0 Å². The minimum absolute atomic E-state index is 0.108. The maximum Gasteiger partial charge on any atom is 0.0807 e. The van der Waals surface area contributed by atoms with Crippen LogP contribution in [-0.4, -0.2) is 24.8 Å². The summed E-state index contributed by atoms with van der Waals surface area (Å²) < 4.78 is 6.06. The molecule has 0 saturated carbocycles. The Morgan fingerprint density at radius 1 is 1.15 bits per heavy atom. The molecule has 2 unspecified atom stereocenters. The Bertz CT molecular complexity index is 416. The molecule has 1 aromatic carbocycles. The highest BCUT2D eigenvalue weighted by Gasteiger charge is 2.32. The molecular formula is C18H31NO. The van der Waals surface area contributed by atoms with Crippen molar-refractivity contribution in [3.8, 4) is 0 Å². The summed E-state index contributed by atoms with van der Waals surface area (Å²) in [6.07, 6.45) is 2.03. The molecule has 20 heavy (non-hydrogen) atoms.